The van der Waals surface area contributed by atoms with Gasteiger partial charge in [-0.25, -0.2) is 0 Å². The number of carboxylic acid groups (broad SMARTS) is 1. The number of nitrogens with zero attached hydrogens (tertiary/aromatic N) is 1. The first kappa shape index (κ1) is 10.2. The van der Waals surface area contributed by atoms with Crippen molar-refractivity contribution in [2.24, 2.45) is 4.99 Å². The van der Waals surface area contributed by atoms with Gasteiger partial charge in [0, 0.05) is 5.56 Å². The van der Waals surface area contributed by atoms with Gasteiger partial charge in [-0.3, -0.25) is 4.99 Å². The number of furan rings is 1. The second-order valence-corrected chi connectivity index (χ2v) is 3.08. The standard InChI is InChI=1S/C12H9NO3/c14-12(15)10-5-1-2-6-11(10)13-8-9-4-3-7-16-9/h1-8H,(H,14,15)/p-1. The van der Waals surface area contributed by atoms with Crippen LogP contribution in [0.2, 0.25) is 0 Å². The molecule has 0 aliphatic heterocycles. The number of benzene rings is 1. The van der Waals surface area contributed by atoms with Crippen molar-refractivity contribution in [3.8, 4) is 0 Å². The smallest absolute Gasteiger partial charge is 0.144 e. The average molecular weight is 214 g/mol. The van der Waals surface area contributed by atoms with Crippen molar-refractivity contribution in [2.45, 2.75) is 0 Å². The van der Waals surface area contributed by atoms with Crippen LogP contribution in [0, 0.1) is 0 Å². The van der Waals surface area contributed by atoms with Gasteiger partial charge in [0.15, 0.2) is 0 Å². The Morgan fingerprint density at radius 1 is 1.25 bits per heavy atom. The molecule has 0 unspecified atom stereocenters. The molecule has 0 aliphatic carbocycles. The third-order valence-electron chi connectivity index (χ3n) is 2.00. The van der Waals surface area contributed by atoms with E-state index in [1.165, 1.54) is 18.5 Å². The van der Waals surface area contributed by atoms with Crippen molar-refractivity contribution in [1.29, 1.82) is 0 Å². The van der Waals surface area contributed by atoms with Gasteiger partial charge in [-0.15, -0.1) is 0 Å². The largest absolute Gasteiger partial charge is 0.545 e. The normalized spacial score (nSPS) is 10.8. The molecule has 2 aromatic rings. The fourth-order valence-electron chi connectivity index (χ4n) is 1.26. The minimum absolute atomic E-state index is 0.0605. The number of rotatable bonds is 3. The summed E-state index contributed by atoms with van der Waals surface area (Å²) in [5, 5.41) is 10.8. The van der Waals surface area contributed by atoms with Crippen LogP contribution in [0.5, 0.6) is 0 Å². The number of carboxylic acids is 1. The number of hydrogen-bond acceptors (Lipinski definition) is 4. The Hall–Kier alpha value is -2.36. The molecule has 0 N–H and O–H groups in total. The third kappa shape index (κ3) is 2.17. The molecule has 0 atom stereocenters. The van der Waals surface area contributed by atoms with E-state index in [1.54, 1.807) is 30.3 Å². The van der Waals surface area contributed by atoms with E-state index in [0.717, 1.165) is 0 Å². The molecule has 0 aliphatic rings. The molecule has 4 heteroatoms. The second-order valence-electron chi connectivity index (χ2n) is 3.08. The van der Waals surface area contributed by atoms with Gasteiger partial charge >= 0.3 is 0 Å². The lowest BCUT2D eigenvalue weighted by atomic mass is 10.2. The lowest BCUT2D eigenvalue weighted by molar-refractivity contribution is -0.254. The average Bonchev–Trinajstić information content (AvgIpc) is 2.79. The molecule has 0 amide bonds. The number of carbonyl (C=O) groups is 1. The summed E-state index contributed by atoms with van der Waals surface area (Å²) in [5.74, 6) is -0.680. The van der Waals surface area contributed by atoms with Crippen molar-refractivity contribution < 1.29 is 14.3 Å². The molecular weight excluding hydrogens is 206 g/mol. The highest BCUT2D eigenvalue weighted by Gasteiger charge is 2.00. The van der Waals surface area contributed by atoms with E-state index >= 15 is 0 Å². The summed E-state index contributed by atoms with van der Waals surface area (Å²) in [5.41, 5.74) is 0.407. The minimum atomic E-state index is -1.24. The molecule has 1 aromatic carbocycles. The van der Waals surface area contributed by atoms with Crippen molar-refractivity contribution in [3.05, 3.63) is 54.0 Å². The lowest BCUT2D eigenvalue weighted by Crippen LogP contribution is -2.22. The number of aromatic carboxylic acids is 1. The van der Waals surface area contributed by atoms with Gasteiger partial charge in [0.2, 0.25) is 0 Å². The zero-order chi connectivity index (χ0) is 11.4. The molecule has 2 rings (SSSR count). The molecule has 0 spiro atoms. The minimum Gasteiger partial charge on any atom is -0.545 e. The molecule has 0 fully saturated rings. The van der Waals surface area contributed by atoms with Crippen LogP contribution < -0.4 is 5.11 Å². The zero-order valence-corrected chi connectivity index (χ0v) is 8.29. The summed E-state index contributed by atoms with van der Waals surface area (Å²) in [4.78, 5) is 14.8. The molecule has 1 heterocycles. The Bertz CT molecular complexity index is 515. The summed E-state index contributed by atoms with van der Waals surface area (Å²) in [6.45, 7) is 0. The fraction of sp³-hybridized carbons (Fsp3) is 0. The molecule has 0 saturated heterocycles. The van der Waals surface area contributed by atoms with Gasteiger partial charge in [-0.2, -0.15) is 0 Å². The predicted octanol–water partition coefficient (Wildman–Crippen LogP) is 1.39. The van der Waals surface area contributed by atoms with Crippen molar-refractivity contribution in [1.82, 2.24) is 0 Å². The van der Waals surface area contributed by atoms with Gasteiger partial charge in [-0.1, -0.05) is 18.2 Å². The van der Waals surface area contributed by atoms with Gasteiger partial charge in [-0.05, 0) is 18.2 Å². The molecule has 0 saturated carbocycles. The van der Waals surface area contributed by atoms with E-state index in [2.05, 4.69) is 4.99 Å². The highest BCUT2D eigenvalue weighted by Crippen LogP contribution is 2.17. The summed E-state index contributed by atoms with van der Waals surface area (Å²) >= 11 is 0. The first-order valence-corrected chi connectivity index (χ1v) is 4.65. The van der Waals surface area contributed by atoms with Gasteiger partial charge in [0.25, 0.3) is 0 Å². The van der Waals surface area contributed by atoms with E-state index < -0.39 is 5.97 Å². The van der Waals surface area contributed by atoms with Crippen molar-refractivity contribution >= 4 is 17.9 Å². The molecule has 1 aromatic heterocycles. The number of para-hydroxylation sites is 1. The quantitative estimate of drug-likeness (QED) is 0.725. The first-order valence-electron chi connectivity index (χ1n) is 4.65. The van der Waals surface area contributed by atoms with Crippen molar-refractivity contribution in [3.63, 3.8) is 0 Å². The van der Waals surface area contributed by atoms with E-state index in [9.17, 15) is 9.90 Å². The van der Waals surface area contributed by atoms with Gasteiger partial charge in [0.1, 0.15) is 5.76 Å². The van der Waals surface area contributed by atoms with Crippen LogP contribution >= 0.6 is 0 Å². The highest BCUT2D eigenvalue weighted by molar-refractivity contribution is 5.93. The predicted molar refractivity (Wildman–Crippen MR) is 56.7 cm³/mol. The Morgan fingerprint density at radius 2 is 2.06 bits per heavy atom. The summed E-state index contributed by atoms with van der Waals surface area (Å²) < 4.78 is 5.04. The first-order chi connectivity index (χ1) is 7.77. The monoisotopic (exact) mass is 214 g/mol. The Balaban J connectivity index is 2.31. The summed E-state index contributed by atoms with van der Waals surface area (Å²) in [7, 11) is 0. The number of carbonyl (C=O) groups excluding carboxylic acids is 1. The molecule has 80 valence electrons. The lowest BCUT2D eigenvalue weighted by Gasteiger charge is -2.04. The molecule has 0 radical (unpaired) electrons. The second kappa shape index (κ2) is 4.44. The van der Waals surface area contributed by atoms with E-state index in [1.807, 2.05) is 0 Å². The topological polar surface area (TPSA) is 65.6 Å². The maximum Gasteiger partial charge on any atom is 0.144 e. The molecule has 16 heavy (non-hydrogen) atoms. The van der Waals surface area contributed by atoms with Crippen LogP contribution in [0.3, 0.4) is 0 Å². The van der Waals surface area contributed by atoms with Crippen LogP contribution in [0.15, 0.2) is 52.1 Å². The Labute approximate surface area is 91.9 Å². The van der Waals surface area contributed by atoms with Gasteiger partial charge in [0.05, 0.1) is 24.1 Å². The van der Waals surface area contributed by atoms with Crippen LogP contribution in [-0.2, 0) is 0 Å². The number of aliphatic imine (C=N–C) groups is 1. The van der Waals surface area contributed by atoms with Crippen LogP contribution in [0.25, 0.3) is 0 Å². The SMILES string of the molecule is O=C([O-])c1ccccc1N=Cc1ccco1. The van der Waals surface area contributed by atoms with E-state index in [4.69, 9.17) is 4.42 Å². The third-order valence-corrected chi connectivity index (χ3v) is 2.00. The van der Waals surface area contributed by atoms with Crippen molar-refractivity contribution in [2.75, 3.05) is 0 Å². The summed E-state index contributed by atoms with van der Waals surface area (Å²) in [6.07, 6.45) is 2.98. The van der Waals surface area contributed by atoms with Crippen LogP contribution in [0.1, 0.15) is 16.1 Å². The van der Waals surface area contributed by atoms with Crippen LogP contribution in [0.4, 0.5) is 5.69 Å². The van der Waals surface area contributed by atoms with Gasteiger partial charge < -0.3 is 14.3 Å². The van der Waals surface area contributed by atoms with E-state index in [0.29, 0.717) is 11.4 Å². The molecular formula is C12H8NO3-. The van der Waals surface area contributed by atoms with Crippen LogP contribution in [-0.4, -0.2) is 12.2 Å². The molecule has 0 bridgehead atoms. The highest BCUT2D eigenvalue weighted by atomic mass is 16.4. The van der Waals surface area contributed by atoms with E-state index in [-0.39, 0.29) is 5.56 Å². The maximum atomic E-state index is 10.8. The molecule has 4 nitrogen and oxygen atoms in total. The fourth-order valence-corrected chi connectivity index (χ4v) is 1.26. The maximum absolute atomic E-state index is 10.8. The Kier molecular flexibility index (Phi) is 2.82. The number of hydrogen-bond donors (Lipinski definition) is 0. The zero-order valence-electron chi connectivity index (χ0n) is 8.29. The summed E-state index contributed by atoms with van der Waals surface area (Å²) in [6, 6.07) is 9.84. The Morgan fingerprint density at radius 3 is 2.75 bits per heavy atom.